The Morgan fingerprint density at radius 1 is 1.10 bits per heavy atom. The Hall–Kier alpha value is 0.500. The molecule has 1 N–H and O–H groups in total. The predicted molar refractivity (Wildman–Crippen MR) is 66.8 cm³/mol. The van der Waals surface area contributed by atoms with Crippen LogP contribution in [0.2, 0.25) is 0 Å². The first-order valence-corrected chi connectivity index (χ1v) is 5.59. The van der Waals surface area contributed by atoms with Gasteiger partial charge in [-0.2, -0.15) is 7.11 Å². The third-order valence-corrected chi connectivity index (χ3v) is 0.843. The van der Waals surface area contributed by atoms with Crippen molar-refractivity contribution in [2.24, 2.45) is 0 Å². The molecule has 21 heavy (non-hydrogen) atoms. The van der Waals surface area contributed by atoms with E-state index in [0.717, 1.165) is 7.11 Å². The molecule has 0 spiro atoms. The maximum absolute atomic E-state index is 9.26. The summed E-state index contributed by atoms with van der Waals surface area (Å²) in [5.74, 6) is 0. The third kappa shape index (κ3) is 232. The molecule has 0 saturated carbocycles. The zero-order valence-electron chi connectivity index (χ0n) is 12.7. The summed E-state index contributed by atoms with van der Waals surface area (Å²) in [4.78, 5) is 21.3. The van der Waals surface area contributed by atoms with Gasteiger partial charge in [0.1, 0.15) is 5.52 Å². The van der Waals surface area contributed by atoms with Crippen LogP contribution in [0.5, 0.6) is 0 Å². The van der Waals surface area contributed by atoms with Gasteiger partial charge in [-0.05, 0) is 0 Å². The molecule has 0 heterocycles. The quantitative estimate of drug-likeness (QED) is 0.148. The fourth-order valence-electron chi connectivity index (χ4n) is 0.0957. The zero-order valence-corrected chi connectivity index (χ0v) is 17.8. The average molecular weight is 487 g/mol. The van der Waals surface area contributed by atoms with Crippen molar-refractivity contribution in [3.05, 3.63) is 20.2 Å². The standard InChI is InChI=1S/C2H5BrO.C2H5NO4.C2H6.CH3O.Ag.HNO3.Na/c1-4-2-3;1-6-2-7-3(4)5;2*1-2;;2-1(3)4;/h2H2,1H3;2H2,1H3;1-2H3;1H3;;(H,2,3,4);/q;;;-1;;;+1. The second-order valence-electron chi connectivity index (χ2n) is 1.39. The van der Waals surface area contributed by atoms with E-state index in [9.17, 15) is 10.1 Å². The van der Waals surface area contributed by atoms with Crippen LogP contribution in [0.3, 0.4) is 0 Å². The van der Waals surface area contributed by atoms with E-state index in [1.165, 1.54) is 7.11 Å². The minimum absolute atomic E-state index is 0. The smallest absolute Gasteiger partial charge is 0.857 e. The first-order valence-electron chi connectivity index (χ1n) is 4.47. The largest absolute Gasteiger partial charge is 1.00 e. The summed E-state index contributed by atoms with van der Waals surface area (Å²) in [6.07, 6.45) is 0. The van der Waals surface area contributed by atoms with Crippen LogP contribution in [0, 0.1) is 20.2 Å². The molecule has 0 aromatic rings. The van der Waals surface area contributed by atoms with Crippen molar-refractivity contribution in [1.82, 2.24) is 0 Å². The molecule has 0 aliphatic carbocycles. The van der Waals surface area contributed by atoms with Gasteiger partial charge in [0.15, 0.2) is 6.79 Å². The van der Waals surface area contributed by atoms with Crippen molar-refractivity contribution >= 4 is 15.9 Å². The number of methoxy groups -OCH3 is 2. The second-order valence-corrected chi connectivity index (χ2v) is 1.85. The van der Waals surface area contributed by atoms with Gasteiger partial charge < -0.3 is 19.8 Å². The molecule has 0 aliphatic heterocycles. The number of halogens is 1. The van der Waals surface area contributed by atoms with E-state index in [-0.39, 0.29) is 58.7 Å². The molecule has 0 aromatic carbocycles. The molecule has 0 aromatic heterocycles. The predicted octanol–water partition coefficient (Wildman–Crippen LogP) is -2.56. The molecule has 0 amide bonds. The Balaban J connectivity index is -0.0000000248. The molecule has 0 fully saturated rings. The zero-order chi connectivity index (χ0) is 16.7. The maximum Gasteiger partial charge on any atom is 1.00 e. The van der Waals surface area contributed by atoms with Gasteiger partial charge in [0.25, 0.3) is 10.2 Å². The number of hydrogen-bond acceptors (Lipinski definition) is 8. The second kappa shape index (κ2) is 58.9. The molecule has 131 valence electrons. The number of ether oxygens (including phenoxy) is 2. The van der Waals surface area contributed by atoms with E-state index in [1.54, 1.807) is 7.11 Å². The summed E-state index contributed by atoms with van der Waals surface area (Å²) >= 11 is 3.03. The molecule has 0 saturated heterocycles. The van der Waals surface area contributed by atoms with E-state index in [0.29, 0.717) is 5.52 Å². The van der Waals surface area contributed by atoms with Crippen molar-refractivity contribution < 1.29 is 86.7 Å². The summed E-state index contributed by atoms with van der Waals surface area (Å²) < 4.78 is 8.65. The summed E-state index contributed by atoms with van der Waals surface area (Å²) in [5.41, 5.74) is 0.632. The van der Waals surface area contributed by atoms with Gasteiger partial charge in [-0.15, -0.1) is 20.2 Å². The molecule has 11 nitrogen and oxygen atoms in total. The first kappa shape index (κ1) is 43.0. The first-order chi connectivity index (χ1) is 8.92. The van der Waals surface area contributed by atoms with Crippen molar-refractivity contribution in [2.45, 2.75) is 13.8 Å². The van der Waals surface area contributed by atoms with Gasteiger partial charge >= 0.3 is 29.6 Å². The summed E-state index contributed by atoms with van der Waals surface area (Å²) in [5, 5.41) is 30.2. The van der Waals surface area contributed by atoms with E-state index in [1.807, 2.05) is 13.8 Å². The van der Waals surface area contributed by atoms with Crippen molar-refractivity contribution in [3.8, 4) is 0 Å². The number of alkyl halides is 1. The average Bonchev–Trinajstić information content (AvgIpc) is 2.40. The number of hydrogen-bond donors (Lipinski definition) is 1. The van der Waals surface area contributed by atoms with Gasteiger partial charge in [-0.3, -0.25) is 4.84 Å². The Morgan fingerprint density at radius 3 is 1.38 bits per heavy atom. The van der Waals surface area contributed by atoms with Crippen LogP contribution in [0.1, 0.15) is 13.8 Å². The molecule has 0 rings (SSSR count). The Bertz CT molecular complexity index is 167. The van der Waals surface area contributed by atoms with Crippen molar-refractivity contribution in [3.63, 3.8) is 0 Å². The molecule has 1 radical (unpaired) electrons. The normalized spacial score (nSPS) is 5.86. The molecular weight excluding hydrogens is 467 g/mol. The Kier molecular flexibility index (Phi) is 121. The van der Waals surface area contributed by atoms with Crippen LogP contribution in [-0.4, -0.2) is 49.0 Å². The van der Waals surface area contributed by atoms with Gasteiger partial charge in [0, 0.05) is 36.6 Å². The SMILES string of the molecule is CC.COCBr.COCO[N+](=O)[O-].C[O-].O=[N+]([O-])O.[Ag].[Na+]. The van der Waals surface area contributed by atoms with Gasteiger partial charge in [-0.1, -0.05) is 29.8 Å². The monoisotopic (exact) mass is 485 g/mol. The van der Waals surface area contributed by atoms with Gasteiger partial charge in [0.05, 0.1) is 0 Å². The summed E-state index contributed by atoms with van der Waals surface area (Å²) in [6.45, 7) is 3.70. The van der Waals surface area contributed by atoms with E-state index in [4.69, 9.17) is 20.4 Å². The Morgan fingerprint density at radius 2 is 1.33 bits per heavy atom. The van der Waals surface area contributed by atoms with Crippen LogP contribution >= 0.6 is 15.9 Å². The van der Waals surface area contributed by atoms with Crippen LogP contribution in [0.15, 0.2) is 0 Å². The number of nitrogens with zero attached hydrogens (tertiary/aromatic N) is 2. The molecule has 0 unspecified atom stereocenters. The fourth-order valence-corrected chi connectivity index (χ4v) is 0.0957. The number of rotatable bonds is 4. The molecular formula is C7H20AgBrN2NaO9. The van der Waals surface area contributed by atoms with Gasteiger partial charge in [0.2, 0.25) is 0 Å². The molecule has 14 heteroatoms. The summed E-state index contributed by atoms with van der Waals surface area (Å²) in [6, 6.07) is 0. The molecule has 0 atom stereocenters. The third-order valence-electron chi connectivity index (χ3n) is 0.385. The van der Waals surface area contributed by atoms with E-state index >= 15 is 0 Å². The van der Waals surface area contributed by atoms with E-state index < -0.39 is 10.2 Å². The minimum Gasteiger partial charge on any atom is -0.857 e. The van der Waals surface area contributed by atoms with Crippen molar-refractivity contribution in [1.29, 1.82) is 0 Å². The molecule has 0 aliphatic rings. The minimum atomic E-state index is -1.50. The summed E-state index contributed by atoms with van der Waals surface area (Å²) in [7, 11) is 3.69. The van der Waals surface area contributed by atoms with Crippen molar-refractivity contribution in [2.75, 3.05) is 33.6 Å². The Labute approximate surface area is 169 Å². The molecule has 0 bridgehead atoms. The van der Waals surface area contributed by atoms with E-state index in [2.05, 4.69) is 30.2 Å². The van der Waals surface area contributed by atoms with Crippen LogP contribution in [0.25, 0.3) is 0 Å². The van der Waals surface area contributed by atoms with Gasteiger partial charge in [-0.25, -0.2) is 0 Å². The van der Waals surface area contributed by atoms with Crippen LogP contribution in [0.4, 0.5) is 0 Å². The topological polar surface area (TPSA) is 157 Å². The van der Waals surface area contributed by atoms with Crippen LogP contribution in [-0.2, 0) is 36.7 Å². The maximum atomic E-state index is 9.26. The fraction of sp³-hybridized carbons (Fsp3) is 1.00. The van der Waals surface area contributed by atoms with Crippen LogP contribution < -0.4 is 34.7 Å².